The predicted octanol–water partition coefficient (Wildman–Crippen LogP) is 2.59. The van der Waals surface area contributed by atoms with E-state index in [-0.39, 0.29) is 30.1 Å². The molecular formula is C20H23NO4S. The number of nitrogens with zero attached hydrogens (tertiary/aromatic N) is 1. The van der Waals surface area contributed by atoms with Crippen LogP contribution in [0.25, 0.3) is 0 Å². The minimum atomic E-state index is -3.07. The summed E-state index contributed by atoms with van der Waals surface area (Å²) < 4.78 is 29.3. The van der Waals surface area contributed by atoms with Crippen LogP contribution in [0.5, 0.6) is 5.75 Å². The number of carbonyl (C=O) groups excluding carboxylic acids is 1. The van der Waals surface area contributed by atoms with Gasteiger partial charge < -0.3 is 9.64 Å². The van der Waals surface area contributed by atoms with Crippen LogP contribution in [0, 0.1) is 6.92 Å². The van der Waals surface area contributed by atoms with Crippen molar-refractivity contribution in [3.05, 3.63) is 65.7 Å². The molecule has 1 fully saturated rings. The Bertz CT molecular complexity index is 847. The molecule has 0 aliphatic carbocycles. The molecule has 1 amide bonds. The molecule has 3 rings (SSSR count). The molecule has 2 aromatic carbocycles. The molecule has 1 saturated heterocycles. The first-order valence-electron chi connectivity index (χ1n) is 8.66. The molecule has 6 heteroatoms. The van der Waals surface area contributed by atoms with Gasteiger partial charge in [-0.2, -0.15) is 0 Å². The van der Waals surface area contributed by atoms with E-state index in [1.165, 1.54) is 0 Å². The van der Waals surface area contributed by atoms with Crippen LogP contribution in [0.15, 0.2) is 54.6 Å². The summed E-state index contributed by atoms with van der Waals surface area (Å²) in [6, 6.07) is 16.8. The molecule has 1 unspecified atom stereocenters. The SMILES string of the molecule is Cc1ccc(CN(C(=O)COc2ccccc2)C2CCS(=O)(=O)C2)cc1. The Balaban J connectivity index is 1.73. The molecule has 1 aliphatic rings. The van der Waals surface area contributed by atoms with Crippen LogP contribution in [0.1, 0.15) is 17.5 Å². The second-order valence-electron chi connectivity index (χ2n) is 6.67. The lowest BCUT2D eigenvalue weighted by Crippen LogP contribution is -2.43. The molecule has 138 valence electrons. The summed E-state index contributed by atoms with van der Waals surface area (Å²) in [4.78, 5) is 14.4. The minimum Gasteiger partial charge on any atom is -0.484 e. The number of sulfone groups is 1. The van der Waals surface area contributed by atoms with Gasteiger partial charge >= 0.3 is 0 Å². The van der Waals surface area contributed by atoms with E-state index in [2.05, 4.69) is 0 Å². The van der Waals surface area contributed by atoms with Crippen LogP contribution >= 0.6 is 0 Å². The lowest BCUT2D eigenvalue weighted by molar-refractivity contribution is -0.136. The third kappa shape index (κ3) is 4.85. The largest absolute Gasteiger partial charge is 0.484 e. The summed E-state index contributed by atoms with van der Waals surface area (Å²) in [5.74, 6) is 0.580. The second-order valence-corrected chi connectivity index (χ2v) is 8.89. The fourth-order valence-electron chi connectivity index (χ4n) is 3.08. The summed E-state index contributed by atoms with van der Waals surface area (Å²) in [6.45, 7) is 2.29. The van der Waals surface area contributed by atoms with Crippen LogP contribution in [0.4, 0.5) is 0 Å². The number of carbonyl (C=O) groups is 1. The van der Waals surface area contributed by atoms with Crippen molar-refractivity contribution < 1.29 is 17.9 Å². The van der Waals surface area contributed by atoms with Crippen LogP contribution in [0.3, 0.4) is 0 Å². The number of hydrogen-bond acceptors (Lipinski definition) is 4. The van der Waals surface area contributed by atoms with Crippen molar-refractivity contribution in [1.82, 2.24) is 4.90 Å². The number of ether oxygens (including phenoxy) is 1. The average Bonchev–Trinajstić information content (AvgIpc) is 2.99. The Kier molecular flexibility index (Phi) is 5.61. The molecular weight excluding hydrogens is 350 g/mol. The fraction of sp³-hybridized carbons (Fsp3) is 0.350. The molecule has 1 heterocycles. The van der Waals surface area contributed by atoms with Crippen molar-refractivity contribution >= 4 is 15.7 Å². The predicted molar refractivity (Wildman–Crippen MR) is 101 cm³/mol. The molecule has 0 N–H and O–H groups in total. The van der Waals surface area contributed by atoms with E-state index in [0.29, 0.717) is 18.7 Å². The smallest absolute Gasteiger partial charge is 0.261 e. The number of rotatable bonds is 6. The van der Waals surface area contributed by atoms with Gasteiger partial charge in [-0.05, 0) is 31.0 Å². The molecule has 0 aromatic heterocycles. The van der Waals surface area contributed by atoms with Gasteiger partial charge in [0.25, 0.3) is 5.91 Å². The van der Waals surface area contributed by atoms with Gasteiger partial charge in [0.2, 0.25) is 0 Å². The summed E-state index contributed by atoms with van der Waals surface area (Å²) in [5, 5.41) is 0. The zero-order valence-electron chi connectivity index (χ0n) is 14.8. The van der Waals surface area contributed by atoms with Crippen molar-refractivity contribution in [2.45, 2.75) is 25.9 Å². The Morgan fingerprint density at radius 3 is 2.42 bits per heavy atom. The maximum atomic E-state index is 12.8. The van der Waals surface area contributed by atoms with Gasteiger partial charge in [0.1, 0.15) is 5.75 Å². The molecule has 5 nitrogen and oxygen atoms in total. The standard InChI is InChI=1S/C20H23NO4S/c1-16-7-9-17(10-8-16)13-21(18-11-12-26(23,24)15-18)20(22)14-25-19-5-3-2-4-6-19/h2-10,18H,11-15H2,1H3. The van der Waals surface area contributed by atoms with Gasteiger partial charge in [-0.1, -0.05) is 48.0 Å². The monoisotopic (exact) mass is 373 g/mol. The Labute approximate surface area is 154 Å². The van der Waals surface area contributed by atoms with E-state index in [4.69, 9.17) is 4.74 Å². The first-order valence-corrected chi connectivity index (χ1v) is 10.5. The van der Waals surface area contributed by atoms with Crippen molar-refractivity contribution in [1.29, 1.82) is 0 Å². The summed E-state index contributed by atoms with van der Waals surface area (Å²) in [6.07, 6.45) is 0.477. The van der Waals surface area contributed by atoms with E-state index >= 15 is 0 Å². The molecule has 1 atom stereocenters. The van der Waals surface area contributed by atoms with Crippen LogP contribution in [0.2, 0.25) is 0 Å². The highest BCUT2D eigenvalue weighted by molar-refractivity contribution is 7.91. The molecule has 0 radical (unpaired) electrons. The molecule has 1 aliphatic heterocycles. The lowest BCUT2D eigenvalue weighted by Gasteiger charge is -2.28. The first kappa shape index (κ1) is 18.5. The summed E-state index contributed by atoms with van der Waals surface area (Å²) in [5.41, 5.74) is 2.12. The number of amides is 1. The zero-order chi connectivity index (χ0) is 18.6. The highest BCUT2D eigenvalue weighted by Crippen LogP contribution is 2.21. The van der Waals surface area contributed by atoms with Crippen molar-refractivity contribution in [3.63, 3.8) is 0 Å². The van der Waals surface area contributed by atoms with Gasteiger partial charge in [-0.3, -0.25) is 4.79 Å². The number of para-hydroxylation sites is 1. The number of benzene rings is 2. The van der Waals surface area contributed by atoms with E-state index < -0.39 is 9.84 Å². The lowest BCUT2D eigenvalue weighted by atomic mass is 10.1. The van der Waals surface area contributed by atoms with Gasteiger partial charge in [0.05, 0.1) is 11.5 Å². The second kappa shape index (κ2) is 7.91. The third-order valence-electron chi connectivity index (χ3n) is 4.55. The maximum absolute atomic E-state index is 12.8. The zero-order valence-corrected chi connectivity index (χ0v) is 15.6. The highest BCUT2D eigenvalue weighted by Gasteiger charge is 2.34. The number of hydrogen-bond donors (Lipinski definition) is 0. The van der Waals surface area contributed by atoms with Gasteiger partial charge in [-0.15, -0.1) is 0 Å². The van der Waals surface area contributed by atoms with Crippen molar-refractivity contribution in [2.75, 3.05) is 18.1 Å². The van der Waals surface area contributed by atoms with Crippen molar-refractivity contribution in [2.24, 2.45) is 0 Å². The Morgan fingerprint density at radius 2 is 1.81 bits per heavy atom. The molecule has 0 saturated carbocycles. The van der Waals surface area contributed by atoms with E-state index in [1.807, 2.05) is 49.4 Å². The Hall–Kier alpha value is -2.34. The topological polar surface area (TPSA) is 63.7 Å². The van der Waals surface area contributed by atoms with E-state index in [9.17, 15) is 13.2 Å². The van der Waals surface area contributed by atoms with Crippen LogP contribution in [-0.4, -0.2) is 43.4 Å². The molecule has 2 aromatic rings. The van der Waals surface area contributed by atoms with Gasteiger partial charge in [0, 0.05) is 12.6 Å². The van der Waals surface area contributed by atoms with Crippen LogP contribution in [-0.2, 0) is 21.2 Å². The van der Waals surface area contributed by atoms with Gasteiger partial charge in [0.15, 0.2) is 16.4 Å². The minimum absolute atomic E-state index is 0.0237. The quantitative estimate of drug-likeness (QED) is 0.781. The molecule has 0 spiro atoms. The fourth-order valence-corrected chi connectivity index (χ4v) is 4.81. The summed E-state index contributed by atoms with van der Waals surface area (Å²) >= 11 is 0. The maximum Gasteiger partial charge on any atom is 0.261 e. The Morgan fingerprint density at radius 1 is 1.12 bits per heavy atom. The van der Waals surface area contributed by atoms with Gasteiger partial charge in [-0.25, -0.2) is 8.42 Å². The van der Waals surface area contributed by atoms with Crippen molar-refractivity contribution in [3.8, 4) is 5.75 Å². The van der Waals surface area contributed by atoms with E-state index in [0.717, 1.165) is 11.1 Å². The third-order valence-corrected chi connectivity index (χ3v) is 6.30. The van der Waals surface area contributed by atoms with Crippen LogP contribution < -0.4 is 4.74 Å². The molecule has 0 bridgehead atoms. The normalized spacial score (nSPS) is 18.4. The number of aryl methyl sites for hydroxylation is 1. The first-order chi connectivity index (χ1) is 12.4. The summed E-state index contributed by atoms with van der Waals surface area (Å²) in [7, 11) is -3.07. The highest BCUT2D eigenvalue weighted by atomic mass is 32.2. The average molecular weight is 373 g/mol. The molecule has 26 heavy (non-hydrogen) atoms. The van der Waals surface area contributed by atoms with E-state index in [1.54, 1.807) is 17.0 Å².